The molecule has 0 amide bonds. The zero-order valence-corrected chi connectivity index (χ0v) is 8.16. The SMILES string of the molecule is Cc1nccn(C2=CNCCC2)c1=O. The molecule has 1 aliphatic heterocycles. The summed E-state index contributed by atoms with van der Waals surface area (Å²) in [5.41, 5.74) is 1.54. The summed E-state index contributed by atoms with van der Waals surface area (Å²) in [5.74, 6) is 0. The van der Waals surface area contributed by atoms with Gasteiger partial charge in [-0.05, 0) is 19.8 Å². The molecule has 0 unspecified atom stereocenters. The van der Waals surface area contributed by atoms with Gasteiger partial charge in [0.1, 0.15) is 5.69 Å². The Hall–Kier alpha value is -1.58. The number of aromatic nitrogens is 2. The highest BCUT2D eigenvalue weighted by molar-refractivity contribution is 5.45. The van der Waals surface area contributed by atoms with Crippen LogP contribution < -0.4 is 10.9 Å². The number of rotatable bonds is 1. The quantitative estimate of drug-likeness (QED) is 0.712. The summed E-state index contributed by atoms with van der Waals surface area (Å²) in [6, 6.07) is 0. The average molecular weight is 191 g/mol. The standard InChI is InChI=1S/C10H13N3O/c1-8-10(14)13(6-5-12-8)9-3-2-4-11-7-9/h5-7,11H,2-4H2,1H3. The summed E-state index contributed by atoms with van der Waals surface area (Å²) < 4.78 is 1.66. The van der Waals surface area contributed by atoms with Crippen LogP contribution in [-0.2, 0) is 0 Å². The van der Waals surface area contributed by atoms with Gasteiger partial charge < -0.3 is 5.32 Å². The van der Waals surface area contributed by atoms with Gasteiger partial charge in [0.05, 0.1) is 0 Å². The van der Waals surface area contributed by atoms with Crippen molar-refractivity contribution in [2.24, 2.45) is 0 Å². The zero-order valence-electron chi connectivity index (χ0n) is 8.16. The number of hydrogen-bond donors (Lipinski definition) is 1. The van der Waals surface area contributed by atoms with Crippen LogP contribution >= 0.6 is 0 Å². The number of nitrogens with one attached hydrogen (secondary N) is 1. The van der Waals surface area contributed by atoms with Crippen molar-refractivity contribution < 1.29 is 0 Å². The van der Waals surface area contributed by atoms with Gasteiger partial charge >= 0.3 is 0 Å². The Morgan fingerprint density at radius 1 is 1.57 bits per heavy atom. The van der Waals surface area contributed by atoms with Gasteiger partial charge in [0.15, 0.2) is 0 Å². The third kappa shape index (κ3) is 1.55. The molecule has 4 heteroatoms. The Bertz CT molecular complexity index is 420. The Morgan fingerprint density at radius 3 is 3.14 bits per heavy atom. The summed E-state index contributed by atoms with van der Waals surface area (Å²) in [7, 11) is 0. The lowest BCUT2D eigenvalue weighted by atomic mass is 10.2. The van der Waals surface area contributed by atoms with Gasteiger partial charge in [0.2, 0.25) is 0 Å². The lowest BCUT2D eigenvalue weighted by Gasteiger charge is -2.15. The van der Waals surface area contributed by atoms with Gasteiger partial charge in [0.25, 0.3) is 5.56 Å². The molecule has 1 N–H and O–H groups in total. The Balaban J connectivity index is 2.46. The second-order valence-corrected chi connectivity index (χ2v) is 3.38. The minimum absolute atomic E-state index is 0.0255. The van der Waals surface area contributed by atoms with Crippen molar-refractivity contribution in [1.82, 2.24) is 14.9 Å². The Kier molecular flexibility index (Phi) is 2.35. The molecule has 2 heterocycles. The molecule has 14 heavy (non-hydrogen) atoms. The first-order valence-corrected chi connectivity index (χ1v) is 4.76. The van der Waals surface area contributed by atoms with Gasteiger partial charge in [-0.15, -0.1) is 0 Å². The lowest BCUT2D eigenvalue weighted by molar-refractivity contribution is 0.707. The highest BCUT2D eigenvalue weighted by Gasteiger charge is 2.07. The van der Waals surface area contributed by atoms with E-state index in [2.05, 4.69) is 10.3 Å². The first kappa shape index (κ1) is 8.99. The molecule has 0 aliphatic carbocycles. The predicted octanol–water partition coefficient (Wildman–Crippen LogP) is 0.734. The van der Waals surface area contributed by atoms with Crippen LogP contribution in [0.2, 0.25) is 0 Å². The molecule has 2 rings (SSSR count). The van der Waals surface area contributed by atoms with E-state index in [0.29, 0.717) is 5.69 Å². The van der Waals surface area contributed by atoms with E-state index in [-0.39, 0.29) is 5.56 Å². The van der Waals surface area contributed by atoms with E-state index in [1.165, 1.54) is 0 Å². The van der Waals surface area contributed by atoms with Crippen LogP contribution in [0.4, 0.5) is 0 Å². The molecule has 0 spiro atoms. The van der Waals surface area contributed by atoms with Crippen LogP contribution in [0.25, 0.3) is 5.70 Å². The number of nitrogens with zero attached hydrogens (tertiary/aromatic N) is 2. The maximum Gasteiger partial charge on any atom is 0.276 e. The van der Waals surface area contributed by atoms with Gasteiger partial charge in [-0.2, -0.15) is 0 Å². The largest absolute Gasteiger partial charge is 0.389 e. The second kappa shape index (κ2) is 3.65. The van der Waals surface area contributed by atoms with Crippen molar-refractivity contribution in [2.75, 3.05) is 6.54 Å². The smallest absolute Gasteiger partial charge is 0.276 e. The van der Waals surface area contributed by atoms with E-state index in [9.17, 15) is 4.79 Å². The Labute approximate surface area is 82.3 Å². The predicted molar refractivity (Wildman–Crippen MR) is 54.7 cm³/mol. The van der Waals surface area contributed by atoms with Crippen LogP contribution in [0.5, 0.6) is 0 Å². The molecule has 74 valence electrons. The highest BCUT2D eigenvalue weighted by atomic mass is 16.1. The maximum absolute atomic E-state index is 11.7. The fourth-order valence-corrected chi connectivity index (χ4v) is 1.56. The second-order valence-electron chi connectivity index (χ2n) is 3.38. The van der Waals surface area contributed by atoms with E-state index in [0.717, 1.165) is 25.1 Å². The fourth-order valence-electron chi connectivity index (χ4n) is 1.56. The monoisotopic (exact) mass is 191 g/mol. The normalized spacial score (nSPS) is 15.9. The van der Waals surface area contributed by atoms with Crippen molar-refractivity contribution in [1.29, 1.82) is 0 Å². The molecular weight excluding hydrogens is 178 g/mol. The molecule has 1 aromatic rings. The Morgan fingerprint density at radius 2 is 2.43 bits per heavy atom. The lowest BCUT2D eigenvalue weighted by Crippen LogP contribution is -2.25. The summed E-state index contributed by atoms with van der Waals surface area (Å²) in [6.07, 6.45) is 7.29. The van der Waals surface area contributed by atoms with Crippen molar-refractivity contribution >= 4 is 5.70 Å². The molecule has 0 saturated carbocycles. The van der Waals surface area contributed by atoms with Gasteiger partial charge in [-0.25, -0.2) is 0 Å². The fraction of sp³-hybridized carbons (Fsp3) is 0.400. The molecule has 1 aliphatic rings. The molecule has 0 aromatic carbocycles. The van der Waals surface area contributed by atoms with Gasteiger partial charge in [0, 0.05) is 30.8 Å². The molecule has 4 nitrogen and oxygen atoms in total. The van der Waals surface area contributed by atoms with Crippen LogP contribution in [0.1, 0.15) is 18.5 Å². The van der Waals surface area contributed by atoms with Crippen LogP contribution in [0.3, 0.4) is 0 Å². The van der Waals surface area contributed by atoms with Crippen LogP contribution in [0.15, 0.2) is 23.4 Å². The number of hydrogen-bond acceptors (Lipinski definition) is 3. The third-order valence-corrected chi connectivity index (χ3v) is 2.34. The van der Waals surface area contributed by atoms with E-state index in [1.807, 2.05) is 6.20 Å². The van der Waals surface area contributed by atoms with Crippen molar-refractivity contribution in [3.8, 4) is 0 Å². The van der Waals surface area contributed by atoms with Crippen molar-refractivity contribution in [3.63, 3.8) is 0 Å². The molecule has 0 radical (unpaired) electrons. The minimum atomic E-state index is -0.0255. The summed E-state index contributed by atoms with van der Waals surface area (Å²) >= 11 is 0. The summed E-state index contributed by atoms with van der Waals surface area (Å²) in [4.78, 5) is 15.7. The molecule has 0 fully saturated rings. The molecular formula is C10H13N3O. The van der Waals surface area contributed by atoms with E-state index >= 15 is 0 Å². The summed E-state index contributed by atoms with van der Waals surface area (Å²) in [6.45, 7) is 2.72. The number of allylic oxidation sites excluding steroid dienone is 1. The topological polar surface area (TPSA) is 46.9 Å². The molecule has 0 atom stereocenters. The molecule has 0 saturated heterocycles. The zero-order chi connectivity index (χ0) is 9.97. The first-order valence-electron chi connectivity index (χ1n) is 4.76. The highest BCUT2D eigenvalue weighted by Crippen LogP contribution is 2.11. The van der Waals surface area contributed by atoms with Crippen molar-refractivity contribution in [2.45, 2.75) is 19.8 Å². The van der Waals surface area contributed by atoms with Crippen LogP contribution in [0, 0.1) is 6.92 Å². The van der Waals surface area contributed by atoms with E-state index in [1.54, 1.807) is 23.9 Å². The minimum Gasteiger partial charge on any atom is -0.389 e. The van der Waals surface area contributed by atoms with Crippen LogP contribution in [-0.4, -0.2) is 16.1 Å². The summed E-state index contributed by atoms with van der Waals surface area (Å²) in [5, 5.41) is 3.14. The van der Waals surface area contributed by atoms with Gasteiger partial charge in [-0.3, -0.25) is 14.3 Å². The first-order chi connectivity index (χ1) is 6.79. The maximum atomic E-state index is 11.7. The van der Waals surface area contributed by atoms with E-state index < -0.39 is 0 Å². The van der Waals surface area contributed by atoms with Gasteiger partial charge in [-0.1, -0.05) is 0 Å². The van der Waals surface area contributed by atoms with Crippen molar-refractivity contribution in [3.05, 3.63) is 34.6 Å². The third-order valence-electron chi connectivity index (χ3n) is 2.34. The molecule has 0 bridgehead atoms. The average Bonchev–Trinajstić information content (AvgIpc) is 2.23. The molecule has 1 aromatic heterocycles. The number of aryl methyl sites for hydroxylation is 1. The van der Waals surface area contributed by atoms with E-state index in [4.69, 9.17) is 0 Å².